The van der Waals surface area contributed by atoms with Crippen LogP contribution in [0.15, 0.2) is 39.8 Å². The number of ether oxygens (including phenoxy) is 1. The number of aliphatic imine (C=N–C) groups is 1. The zero-order valence-electron chi connectivity index (χ0n) is 19.5. The predicted octanol–water partition coefficient (Wildman–Crippen LogP) is 2.70. The average Bonchev–Trinajstić information content (AvgIpc) is 3.38. The highest BCUT2D eigenvalue weighted by Crippen LogP contribution is 2.30. The third-order valence-corrected chi connectivity index (χ3v) is 7.46. The number of carbonyl (C=O) groups excluding carboxylic acids is 1. The van der Waals surface area contributed by atoms with Crippen LogP contribution in [-0.2, 0) is 22.1 Å². The maximum absolute atomic E-state index is 13.1. The normalized spacial score (nSPS) is 13.9. The van der Waals surface area contributed by atoms with E-state index in [0.29, 0.717) is 34.2 Å². The largest absolute Gasteiger partial charge is 0.495 e. The maximum Gasteiger partial charge on any atom is 0.269 e. The van der Waals surface area contributed by atoms with E-state index in [9.17, 15) is 9.00 Å². The fourth-order valence-corrected chi connectivity index (χ4v) is 4.91. The lowest BCUT2D eigenvalue weighted by Gasteiger charge is -2.20. The van der Waals surface area contributed by atoms with Crippen molar-refractivity contribution in [1.29, 1.82) is 0 Å². The lowest BCUT2D eigenvalue weighted by molar-refractivity contribution is -0.114. The van der Waals surface area contributed by atoms with E-state index in [0.717, 1.165) is 10.7 Å². The number of hydrogen-bond donors (Lipinski definition) is 2. The summed E-state index contributed by atoms with van der Waals surface area (Å²) in [5, 5.41) is 5.54. The standard InChI is InChI=1S/C22H28N6O3S2/c1-13-12-32-20(27-13)10-26-21(29)15(24-5)7-14(23)16-9-25-19-8-17(31-6)18(11-28(16)19)33(30)22(2,3)4/h7-9,11-12H,10,23H2,1-6H3,(H,26,29)/b14-7-,24-15?. The van der Waals surface area contributed by atoms with E-state index in [1.54, 1.807) is 22.9 Å². The third kappa shape index (κ3) is 5.48. The second-order valence-electron chi connectivity index (χ2n) is 8.23. The molecule has 0 saturated carbocycles. The minimum Gasteiger partial charge on any atom is -0.495 e. The number of methoxy groups -OCH3 is 1. The fourth-order valence-electron chi connectivity index (χ4n) is 3.01. The number of amides is 1. The Balaban J connectivity index is 1.92. The molecule has 3 heterocycles. The minimum atomic E-state index is -1.34. The summed E-state index contributed by atoms with van der Waals surface area (Å²) in [6.07, 6.45) is 4.80. The number of nitrogens with zero attached hydrogens (tertiary/aromatic N) is 4. The van der Waals surface area contributed by atoms with Crippen molar-refractivity contribution in [2.75, 3.05) is 14.2 Å². The van der Waals surface area contributed by atoms with Gasteiger partial charge >= 0.3 is 0 Å². The molecular weight excluding hydrogens is 460 g/mol. The summed E-state index contributed by atoms with van der Waals surface area (Å²) in [6.45, 7) is 7.89. The average molecular weight is 489 g/mol. The van der Waals surface area contributed by atoms with Crippen molar-refractivity contribution in [3.63, 3.8) is 0 Å². The predicted molar refractivity (Wildman–Crippen MR) is 132 cm³/mol. The van der Waals surface area contributed by atoms with E-state index in [2.05, 4.69) is 20.3 Å². The van der Waals surface area contributed by atoms with Crippen LogP contribution in [0.5, 0.6) is 5.75 Å². The van der Waals surface area contributed by atoms with E-state index < -0.39 is 15.5 Å². The van der Waals surface area contributed by atoms with Crippen LogP contribution < -0.4 is 15.8 Å². The molecule has 0 aliphatic rings. The number of pyridine rings is 1. The molecular formula is C22H28N6O3S2. The van der Waals surface area contributed by atoms with E-state index in [1.807, 2.05) is 33.1 Å². The number of carbonyl (C=O) groups is 1. The number of hydrogen-bond acceptors (Lipinski definition) is 8. The minimum absolute atomic E-state index is 0.169. The van der Waals surface area contributed by atoms with E-state index in [1.165, 1.54) is 31.6 Å². The van der Waals surface area contributed by atoms with Gasteiger partial charge in [0.2, 0.25) is 0 Å². The zero-order valence-corrected chi connectivity index (χ0v) is 21.1. The molecule has 11 heteroatoms. The van der Waals surface area contributed by atoms with Crippen molar-refractivity contribution in [2.24, 2.45) is 10.7 Å². The van der Waals surface area contributed by atoms with Gasteiger partial charge in [0.15, 0.2) is 0 Å². The molecule has 1 atom stereocenters. The van der Waals surface area contributed by atoms with Gasteiger partial charge in [0.25, 0.3) is 5.91 Å². The number of nitrogens with two attached hydrogens (primary N) is 1. The first-order chi connectivity index (χ1) is 15.5. The van der Waals surface area contributed by atoms with Crippen LogP contribution in [0.1, 0.15) is 37.2 Å². The van der Waals surface area contributed by atoms with E-state index in [-0.39, 0.29) is 11.6 Å². The van der Waals surface area contributed by atoms with Gasteiger partial charge in [-0.2, -0.15) is 0 Å². The van der Waals surface area contributed by atoms with Crippen molar-refractivity contribution in [3.05, 3.63) is 46.3 Å². The number of aryl methyl sites for hydroxylation is 1. The van der Waals surface area contributed by atoms with Crippen molar-refractivity contribution >= 4 is 45.1 Å². The Morgan fingerprint density at radius 2 is 2.15 bits per heavy atom. The van der Waals surface area contributed by atoms with Gasteiger partial charge in [-0.1, -0.05) is 0 Å². The molecule has 0 aromatic carbocycles. The molecule has 0 aliphatic carbocycles. The summed E-state index contributed by atoms with van der Waals surface area (Å²) in [5.41, 5.74) is 8.83. The summed E-state index contributed by atoms with van der Waals surface area (Å²) in [7, 11) is 1.72. The van der Waals surface area contributed by atoms with Crippen LogP contribution in [0.25, 0.3) is 11.3 Å². The van der Waals surface area contributed by atoms with Crippen molar-refractivity contribution in [2.45, 2.75) is 43.9 Å². The van der Waals surface area contributed by atoms with Crippen molar-refractivity contribution in [3.8, 4) is 5.75 Å². The topological polar surface area (TPSA) is 124 Å². The molecule has 1 amide bonds. The van der Waals surface area contributed by atoms with Gasteiger partial charge in [0, 0.05) is 35.1 Å². The molecule has 0 radical (unpaired) electrons. The highest BCUT2D eigenvalue weighted by molar-refractivity contribution is 7.86. The lowest BCUT2D eigenvalue weighted by atomic mass is 10.2. The monoisotopic (exact) mass is 488 g/mol. The molecule has 0 saturated heterocycles. The zero-order chi connectivity index (χ0) is 24.3. The smallest absolute Gasteiger partial charge is 0.269 e. The fraction of sp³-hybridized carbons (Fsp3) is 0.364. The number of fused-ring (bicyclic) bond motifs is 1. The summed E-state index contributed by atoms with van der Waals surface area (Å²) >= 11 is 1.48. The Bertz CT molecular complexity index is 1270. The maximum atomic E-state index is 13.1. The second-order valence-corrected chi connectivity index (χ2v) is 11.4. The van der Waals surface area contributed by atoms with Gasteiger partial charge in [-0.15, -0.1) is 11.3 Å². The molecule has 3 rings (SSSR count). The number of nitrogens with one attached hydrogen (secondary N) is 1. The van der Waals surface area contributed by atoms with Crippen LogP contribution in [0.4, 0.5) is 0 Å². The van der Waals surface area contributed by atoms with Crippen molar-refractivity contribution < 1.29 is 13.7 Å². The van der Waals surface area contributed by atoms with Gasteiger partial charge < -0.3 is 15.8 Å². The SMILES string of the molecule is CN=C(/C=C(\N)c1cnc2cc(OC)c(S(=O)C(C)(C)C)cn12)C(=O)NCc1nc(C)cs1. The molecule has 0 spiro atoms. The highest BCUT2D eigenvalue weighted by Gasteiger charge is 2.26. The number of aromatic nitrogens is 3. The van der Waals surface area contributed by atoms with Crippen LogP contribution in [0, 0.1) is 6.92 Å². The van der Waals surface area contributed by atoms with Crippen LogP contribution in [-0.4, -0.2) is 49.1 Å². The third-order valence-electron chi connectivity index (χ3n) is 4.68. The van der Waals surface area contributed by atoms with E-state index >= 15 is 0 Å². The van der Waals surface area contributed by atoms with Gasteiger partial charge in [-0.25, -0.2) is 9.97 Å². The van der Waals surface area contributed by atoms with Gasteiger partial charge in [0.1, 0.15) is 22.1 Å². The Kier molecular flexibility index (Phi) is 7.33. The lowest BCUT2D eigenvalue weighted by Crippen LogP contribution is -2.30. The van der Waals surface area contributed by atoms with Crippen LogP contribution in [0.3, 0.4) is 0 Å². The summed E-state index contributed by atoms with van der Waals surface area (Å²) in [5.74, 6) is 0.126. The Morgan fingerprint density at radius 1 is 1.42 bits per heavy atom. The first kappa shape index (κ1) is 24.6. The first-order valence-electron chi connectivity index (χ1n) is 10.2. The number of rotatable bonds is 7. The Labute approximate surface area is 199 Å². The quantitative estimate of drug-likeness (QED) is 0.493. The summed E-state index contributed by atoms with van der Waals surface area (Å²) < 4.78 is 19.8. The number of imidazole rings is 1. The molecule has 176 valence electrons. The van der Waals surface area contributed by atoms with Gasteiger partial charge in [-0.3, -0.25) is 18.4 Å². The summed E-state index contributed by atoms with van der Waals surface area (Å²) in [6, 6.07) is 1.72. The molecule has 0 fully saturated rings. The number of thiazole rings is 1. The Hall–Kier alpha value is -3.05. The van der Waals surface area contributed by atoms with Gasteiger partial charge in [-0.05, 0) is 33.8 Å². The van der Waals surface area contributed by atoms with Crippen molar-refractivity contribution in [1.82, 2.24) is 19.7 Å². The molecule has 3 N–H and O–H groups in total. The molecule has 3 aromatic rings. The van der Waals surface area contributed by atoms with Gasteiger partial charge in [0.05, 0.1) is 46.9 Å². The summed E-state index contributed by atoms with van der Waals surface area (Å²) in [4.78, 5) is 25.9. The first-order valence-corrected chi connectivity index (χ1v) is 12.2. The van der Waals surface area contributed by atoms with E-state index in [4.69, 9.17) is 10.5 Å². The molecule has 3 aromatic heterocycles. The second kappa shape index (κ2) is 9.84. The van der Waals surface area contributed by atoms with Crippen LogP contribution in [0.2, 0.25) is 0 Å². The molecule has 0 bridgehead atoms. The molecule has 0 aliphatic heterocycles. The highest BCUT2D eigenvalue weighted by atomic mass is 32.2. The molecule has 33 heavy (non-hydrogen) atoms. The molecule has 9 nitrogen and oxygen atoms in total. The molecule has 1 unspecified atom stereocenters. The van der Waals surface area contributed by atoms with Crippen LogP contribution >= 0.6 is 11.3 Å². The Morgan fingerprint density at radius 3 is 2.73 bits per heavy atom.